The topological polar surface area (TPSA) is 47.3 Å². The maximum absolute atomic E-state index is 13.9. The van der Waals surface area contributed by atoms with Crippen molar-refractivity contribution in [3.63, 3.8) is 0 Å². The smallest absolute Gasteiger partial charge is 0.131 e. The molecule has 0 radical (unpaired) electrons. The number of hydrogen-bond donors (Lipinski definition) is 2. The summed E-state index contributed by atoms with van der Waals surface area (Å²) in [6.45, 7) is 0. The van der Waals surface area contributed by atoms with Gasteiger partial charge in [-0.3, -0.25) is 5.84 Å². The van der Waals surface area contributed by atoms with Crippen molar-refractivity contribution in [3.05, 3.63) is 35.4 Å². The fourth-order valence-electron chi connectivity index (χ4n) is 2.87. The van der Waals surface area contributed by atoms with E-state index >= 15 is 0 Å². The Morgan fingerprint density at radius 2 is 1.83 bits per heavy atom. The summed E-state index contributed by atoms with van der Waals surface area (Å²) in [5.74, 6) is 4.33. The van der Waals surface area contributed by atoms with Gasteiger partial charge >= 0.3 is 0 Å². The molecule has 18 heavy (non-hydrogen) atoms. The lowest BCUT2D eigenvalue weighted by molar-refractivity contribution is -0.0386. The highest BCUT2D eigenvalue weighted by molar-refractivity contribution is 5.26. The SMILES string of the molecule is COC1(C(NN)c2c(F)cccc2F)CCCC1. The van der Waals surface area contributed by atoms with Crippen LogP contribution < -0.4 is 11.3 Å². The molecule has 1 unspecified atom stereocenters. The number of nitrogens with one attached hydrogen (secondary N) is 1. The number of ether oxygens (including phenoxy) is 1. The van der Waals surface area contributed by atoms with Crippen LogP contribution in [-0.2, 0) is 4.74 Å². The summed E-state index contributed by atoms with van der Waals surface area (Å²) in [4.78, 5) is 0. The van der Waals surface area contributed by atoms with E-state index in [0.29, 0.717) is 0 Å². The van der Waals surface area contributed by atoms with Gasteiger partial charge in [0.15, 0.2) is 0 Å². The molecule has 0 saturated heterocycles. The molecule has 5 heteroatoms. The van der Waals surface area contributed by atoms with Crippen LogP contribution in [0.25, 0.3) is 0 Å². The first-order chi connectivity index (χ1) is 8.64. The van der Waals surface area contributed by atoms with E-state index in [4.69, 9.17) is 10.6 Å². The zero-order chi connectivity index (χ0) is 13.2. The molecule has 1 aromatic carbocycles. The number of hydrogen-bond acceptors (Lipinski definition) is 3. The van der Waals surface area contributed by atoms with E-state index in [1.807, 2.05) is 0 Å². The molecule has 0 spiro atoms. The number of methoxy groups -OCH3 is 1. The predicted molar refractivity (Wildman–Crippen MR) is 64.6 cm³/mol. The summed E-state index contributed by atoms with van der Waals surface area (Å²) < 4.78 is 33.3. The highest BCUT2D eigenvalue weighted by Crippen LogP contribution is 2.43. The maximum Gasteiger partial charge on any atom is 0.131 e. The molecule has 0 aromatic heterocycles. The van der Waals surface area contributed by atoms with Gasteiger partial charge in [-0.25, -0.2) is 14.2 Å². The van der Waals surface area contributed by atoms with Gasteiger partial charge in [-0.15, -0.1) is 0 Å². The van der Waals surface area contributed by atoms with Crippen LogP contribution in [-0.4, -0.2) is 12.7 Å². The molecule has 2 rings (SSSR count). The zero-order valence-corrected chi connectivity index (χ0v) is 10.4. The van der Waals surface area contributed by atoms with E-state index in [0.717, 1.165) is 25.7 Å². The van der Waals surface area contributed by atoms with Gasteiger partial charge in [0, 0.05) is 12.7 Å². The maximum atomic E-state index is 13.9. The summed E-state index contributed by atoms with van der Waals surface area (Å²) in [6, 6.07) is 3.14. The van der Waals surface area contributed by atoms with Crippen LogP contribution in [0.15, 0.2) is 18.2 Å². The Morgan fingerprint density at radius 3 is 2.28 bits per heavy atom. The van der Waals surface area contributed by atoms with Gasteiger partial charge in [0.05, 0.1) is 11.6 Å². The fraction of sp³-hybridized carbons (Fsp3) is 0.538. The molecule has 0 heterocycles. The average molecular weight is 256 g/mol. The molecule has 0 aliphatic heterocycles. The molecule has 3 N–H and O–H groups in total. The summed E-state index contributed by atoms with van der Waals surface area (Å²) in [7, 11) is 1.56. The van der Waals surface area contributed by atoms with Crippen LogP contribution in [0.3, 0.4) is 0 Å². The first-order valence-electron chi connectivity index (χ1n) is 6.10. The molecule has 1 saturated carbocycles. The molecular formula is C13H18F2N2O. The van der Waals surface area contributed by atoms with E-state index in [2.05, 4.69) is 5.43 Å². The van der Waals surface area contributed by atoms with Crippen LogP contribution in [0, 0.1) is 11.6 Å². The Balaban J connectivity index is 2.44. The first kappa shape index (κ1) is 13.4. The van der Waals surface area contributed by atoms with E-state index in [1.54, 1.807) is 7.11 Å². The van der Waals surface area contributed by atoms with Crippen molar-refractivity contribution < 1.29 is 13.5 Å². The quantitative estimate of drug-likeness (QED) is 0.642. The van der Waals surface area contributed by atoms with Crippen molar-refractivity contribution >= 4 is 0 Å². The molecule has 1 aliphatic rings. The summed E-state index contributed by atoms with van der Waals surface area (Å²) in [5, 5.41) is 0. The van der Waals surface area contributed by atoms with Gasteiger partial charge in [0.2, 0.25) is 0 Å². The van der Waals surface area contributed by atoms with E-state index in [-0.39, 0.29) is 5.56 Å². The van der Waals surface area contributed by atoms with Crippen molar-refractivity contribution in [1.82, 2.24) is 5.43 Å². The second-order valence-corrected chi connectivity index (χ2v) is 4.71. The number of hydrazine groups is 1. The van der Waals surface area contributed by atoms with Crippen molar-refractivity contribution in [2.75, 3.05) is 7.11 Å². The summed E-state index contributed by atoms with van der Waals surface area (Å²) >= 11 is 0. The average Bonchev–Trinajstić information content (AvgIpc) is 2.84. The van der Waals surface area contributed by atoms with Gasteiger partial charge in [-0.1, -0.05) is 18.9 Å². The minimum absolute atomic E-state index is 0.0382. The van der Waals surface area contributed by atoms with Crippen LogP contribution >= 0.6 is 0 Å². The molecule has 1 aliphatic carbocycles. The van der Waals surface area contributed by atoms with Gasteiger partial charge in [-0.05, 0) is 25.0 Å². The minimum atomic E-state index is -0.675. The van der Waals surface area contributed by atoms with Crippen molar-refractivity contribution in [1.29, 1.82) is 0 Å². The fourth-order valence-corrected chi connectivity index (χ4v) is 2.87. The standard InChI is InChI=1S/C13H18F2N2O/c1-18-13(7-2-3-8-13)12(17-16)11-9(14)5-4-6-10(11)15/h4-6,12,17H,2-3,7-8,16H2,1H3. The van der Waals surface area contributed by atoms with Crippen LogP contribution in [0.2, 0.25) is 0 Å². The summed E-state index contributed by atoms with van der Waals surface area (Å²) in [6.07, 6.45) is 3.43. The lowest BCUT2D eigenvalue weighted by Gasteiger charge is -2.36. The van der Waals surface area contributed by atoms with E-state index in [9.17, 15) is 8.78 Å². The minimum Gasteiger partial charge on any atom is -0.376 e. The van der Waals surface area contributed by atoms with Gasteiger partial charge in [-0.2, -0.15) is 0 Å². The molecule has 0 amide bonds. The number of benzene rings is 1. The predicted octanol–water partition coefficient (Wildman–Crippen LogP) is 2.43. The molecule has 3 nitrogen and oxygen atoms in total. The monoisotopic (exact) mass is 256 g/mol. The second-order valence-electron chi connectivity index (χ2n) is 4.71. The normalized spacial score (nSPS) is 20.0. The lowest BCUT2D eigenvalue weighted by atomic mass is 9.86. The molecule has 100 valence electrons. The van der Waals surface area contributed by atoms with Crippen molar-refractivity contribution in [2.45, 2.75) is 37.3 Å². The van der Waals surface area contributed by atoms with Crippen LogP contribution in [0.1, 0.15) is 37.3 Å². The van der Waals surface area contributed by atoms with E-state index < -0.39 is 23.3 Å². The highest BCUT2D eigenvalue weighted by Gasteiger charge is 2.44. The van der Waals surface area contributed by atoms with Crippen molar-refractivity contribution in [2.24, 2.45) is 5.84 Å². The second kappa shape index (κ2) is 5.30. The van der Waals surface area contributed by atoms with Crippen LogP contribution in [0.4, 0.5) is 8.78 Å². The molecule has 1 aromatic rings. The Kier molecular flexibility index (Phi) is 3.94. The Bertz CT molecular complexity index is 399. The molecule has 0 bridgehead atoms. The third-order valence-corrected chi connectivity index (χ3v) is 3.84. The van der Waals surface area contributed by atoms with Gasteiger partial charge in [0.25, 0.3) is 0 Å². The number of halogens is 2. The molecular weight excluding hydrogens is 238 g/mol. The Labute approximate surface area is 105 Å². The largest absolute Gasteiger partial charge is 0.376 e. The zero-order valence-electron chi connectivity index (χ0n) is 10.4. The third kappa shape index (κ3) is 2.13. The molecule has 1 atom stereocenters. The van der Waals surface area contributed by atoms with Crippen molar-refractivity contribution in [3.8, 4) is 0 Å². The summed E-state index contributed by atoms with van der Waals surface area (Å²) in [5.41, 5.74) is 1.86. The van der Waals surface area contributed by atoms with E-state index in [1.165, 1.54) is 18.2 Å². The lowest BCUT2D eigenvalue weighted by Crippen LogP contribution is -2.47. The van der Waals surface area contributed by atoms with Gasteiger partial charge in [0.1, 0.15) is 11.6 Å². The number of rotatable bonds is 4. The number of nitrogens with two attached hydrogens (primary N) is 1. The molecule has 1 fully saturated rings. The van der Waals surface area contributed by atoms with Crippen LogP contribution in [0.5, 0.6) is 0 Å². The van der Waals surface area contributed by atoms with Gasteiger partial charge < -0.3 is 4.74 Å². The third-order valence-electron chi connectivity index (χ3n) is 3.84. The first-order valence-corrected chi connectivity index (χ1v) is 6.10. The highest BCUT2D eigenvalue weighted by atomic mass is 19.1. The Hall–Kier alpha value is -1.04. The Morgan fingerprint density at radius 1 is 1.28 bits per heavy atom.